The molecule has 0 aromatic heterocycles. The zero-order valence-corrected chi connectivity index (χ0v) is 12.1. The Hall–Kier alpha value is -1.57. The van der Waals surface area contributed by atoms with Crippen molar-refractivity contribution in [2.24, 2.45) is 0 Å². The lowest BCUT2D eigenvalue weighted by Crippen LogP contribution is -2.30. The summed E-state index contributed by atoms with van der Waals surface area (Å²) >= 11 is 0. The standard InChI is InChI=1S/C16H23NO/c1-12(2)11-17(13(3)18)15-9-7-14(8-10-15)16(4,5)6/h7-10H,1,11H2,2-6H3. The molecule has 1 rings (SSSR count). The van der Waals surface area contributed by atoms with Crippen molar-refractivity contribution in [1.29, 1.82) is 0 Å². The Morgan fingerprint density at radius 2 is 1.67 bits per heavy atom. The number of carbonyl (C=O) groups excluding carboxylic acids is 1. The molecule has 0 bridgehead atoms. The molecule has 0 saturated heterocycles. The monoisotopic (exact) mass is 245 g/mol. The first-order valence-corrected chi connectivity index (χ1v) is 6.25. The normalized spacial score (nSPS) is 11.2. The van der Waals surface area contributed by atoms with E-state index in [9.17, 15) is 4.79 Å². The van der Waals surface area contributed by atoms with Gasteiger partial charge in [-0.15, -0.1) is 0 Å². The third-order valence-electron chi connectivity index (χ3n) is 2.85. The van der Waals surface area contributed by atoms with Crippen LogP contribution < -0.4 is 4.90 Å². The molecule has 2 heteroatoms. The van der Waals surface area contributed by atoms with Crippen LogP contribution in [-0.4, -0.2) is 12.5 Å². The molecule has 2 nitrogen and oxygen atoms in total. The maximum Gasteiger partial charge on any atom is 0.224 e. The van der Waals surface area contributed by atoms with Gasteiger partial charge in [0.25, 0.3) is 0 Å². The van der Waals surface area contributed by atoms with E-state index in [1.807, 2.05) is 19.1 Å². The van der Waals surface area contributed by atoms with E-state index in [-0.39, 0.29) is 11.3 Å². The molecule has 0 unspecified atom stereocenters. The van der Waals surface area contributed by atoms with Gasteiger partial charge in [-0.2, -0.15) is 0 Å². The van der Waals surface area contributed by atoms with Crippen molar-refractivity contribution in [2.75, 3.05) is 11.4 Å². The topological polar surface area (TPSA) is 20.3 Å². The first-order chi connectivity index (χ1) is 8.21. The smallest absolute Gasteiger partial charge is 0.224 e. The van der Waals surface area contributed by atoms with E-state index < -0.39 is 0 Å². The van der Waals surface area contributed by atoms with Gasteiger partial charge >= 0.3 is 0 Å². The number of benzene rings is 1. The van der Waals surface area contributed by atoms with E-state index >= 15 is 0 Å². The quantitative estimate of drug-likeness (QED) is 0.739. The molecule has 0 radical (unpaired) electrons. The van der Waals surface area contributed by atoms with E-state index in [4.69, 9.17) is 0 Å². The van der Waals surface area contributed by atoms with Crippen LogP contribution in [0.4, 0.5) is 5.69 Å². The maximum absolute atomic E-state index is 11.6. The summed E-state index contributed by atoms with van der Waals surface area (Å²) in [5, 5.41) is 0. The summed E-state index contributed by atoms with van der Waals surface area (Å²) in [4.78, 5) is 13.4. The number of hydrogen-bond acceptors (Lipinski definition) is 1. The minimum atomic E-state index is 0.0431. The van der Waals surface area contributed by atoms with Crippen molar-refractivity contribution in [1.82, 2.24) is 0 Å². The molecule has 0 fully saturated rings. The first kappa shape index (κ1) is 14.5. The van der Waals surface area contributed by atoms with Gasteiger partial charge < -0.3 is 4.90 Å². The second-order valence-corrected chi connectivity index (χ2v) is 5.86. The summed E-state index contributed by atoms with van der Waals surface area (Å²) in [5.74, 6) is 0.0431. The molecule has 0 spiro atoms. The van der Waals surface area contributed by atoms with Crippen molar-refractivity contribution in [3.05, 3.63) is 42.0 Å². The van der Waals surface area contributed by atoms with Gasteiger partial charge in [-0.05, 0) is 30.0 Å². The molecular weight excluding hydrogens is 222 g/mol. The Labute approximate surface area is 110 Å². The Kier molecular flexibility index (Phi) is 4.33. The fourth-order valence-electron chi connectivity index (χ4n) is 1.80. The third-order valence-corrected chi connectivity index (χ3v) is 2.85. The van der Waals surface area contributed by atoms with Gasteiger partial charge in [0.15, 0.2) is 0 Å². The van der Waals surface area contributed by atoms with E-state index in [0.29, 0.717) is 6.54 Å². The molecule has 0 atom stereocenters. The first-order valence-electron chi connectivity index (χ1n) is 6.25. The van der Waals surface area contributed by atoms with Crippen molar-refractivity contribution < 1.29 is 4.79 Å². The van der Waals surface area contributed by atoms with E-state index in [1.165, 1.54) is 5.56 Å². The van der Waals surface area contributed by atoms with Crippen LogP contribution in [0.15, 0.2) is 36.4 Å². The average molecular weight is 245 g/mol. The lowest BCUT2D eigenvalue weighted by atomic mass is 9.87. The minimum absolute atomic E-state index is 0.0431. The molecule has 0 aliphatic carbocycles. The fourth-order valence-corrected chi connectivity index (χ4v) is 1.80. The highest BCUT2D eigenvalue weighted by Gasteiger charge is 2.15. The summed E-state index contributed by atoms with van der Waals surface area (Å²) in [6, 6.07) is 8.18. The minimum Gasteiger partial charge on any atom is -0.309 e. The molecule has 18 heavy (non-hydrogen) atoms. The highest BCUT2D eigenvalue weighted by molar-refractivity contribution is 5.91. The van der Waals surface area contributed by atoms with Crippen LogP contribution in [0, 0.1) is 0 Å². The average Bonchev–Trinajstić information content (AvgIpc) is 2.24. The summed E-state index contributed by atoms with van der Waals surface area (Å²) in [5.41, 5.74) is 3.31. The van der Waals surface area contributed by atoms with Crippen LogP contribution in [-0.2, 0) is 10.2 Å². The van der Waals surface area contributed by atoms with Crippen LogP contribution in [0.2, 0.25) is 0 Å². The number of carbonyl (C=O) groups is 1. The molecule has 0 aliphatic rings. The fraction of sp³-hybridized carbons (Fsp3) is 0.438. The summed E-state index contributed by atoms with van der Waals surface area (Å²) < 4.78 is 0. The molecule has 1 aromatic carbocycles. The van der Waals surface area contributed by atoms with Gasteiger partial charge in [0, 0.05) is 19.2 Å². The van der Waals surface area contributed by atoms with E-state index in [2.05, 4.69) is 39.5 Å². The Bertz CT molecular complexity index is 437. The van der Waals surface area contributed by atoms with Crippen LogP contribution in [0.1, 0.15) is 40.2 Å². The molecule has 1 aromatic rings. The predicted octanol–water partition coefficient (Wildman–Crippen LogP) is 3.91. The number of amides is 1. The number of nitrogens with zero attached hydrogens (tertiary/aromatic N) is 1. The van der Waals surface area contributed by atoms with Crippen molar-refractivity contribution in [2.45, 2.75) is 40.0 Å². The van der Waals surface area contributed by atoms with Crippen LogP contribution >= 0.6 is 0 Å². The van der Waals surface area contributed by atoms with Gasteiger partial charge in [-0.1, -0.05) is 45.1 Å². The van der Waals surface area contributed by atoms with Crippen molar-refractivity contribution in [3.63, 3.8) is 0 Å². The van der Waals surface area contributed by atoms with Gasteiger partial charge in [0.1, 0.15) is 0 Å². The lowest BCUT2D eigenvalue weighted by Gasteiger charge is -2.24. The largest absolute Gasteiger partial charge is 0.309 e. The molecule has 1 amide bonds. The summed E-state index contributed by atoms with van der Waals surface area (Å²) in [7, 11) is 0. The summed E-state index contributed by atoms with van der Waals surface area (Å²) in [6.07, 6.45) is 0. The molecule has 0 aliphatic heterocycles. The van der Waals surface area contributed by atoms with Crippen LogP contribution in [0.3, 0.4) is 0 Å². The third kappa shape index (κ3) is 3.73. The van der Waals surface area contributed by atoms with Crippen molar-refractivity contribution >= 4 is 11.6 Å². The van der Waals surface area contributed by atoms with Crippen LogP contribution in [0.5, 0.6) is 0 Å². The van der Waals surface area contributed by atoms with Gasteiger partial charge in [0.05, 0.1) is 0 Å². The number of rotatable bonds is 3. The highest BCUT2D eigenvalue weighted by Crippen LogP contribution is 2.25. The zero-order valence-electron chi connectivity index (χ0n) is 12.1. The Morgan fingerprint density at radius 3 is 2.00 bits per heavy atom. The molecule has 98 valence electrons. The van der Waals surface area contributed by atoms with Crippen LogP contribution in [0.25, 0.3) is 0 Å². The molecule has 0 N–H and O–H groups in total. The van der Waals surface area contributed by atoms with Gasteiger partial charge in [-0.25, -0.2) is 0 Å². The van der Waals surface area contributed by atoms with E-state index in [1.54, 1.807) is 11.8 Å². The molecular formula is C16H23NO. The zero-order chi connectivity index (χ0) is 13.9. The molecule has 0 heterocycles. The second kappa shape index (κ2) is 5.38. The second-order valence-electron chi connectivity index (χ2n) is 5.86. The van der Waals surface area contributed by atoms with Gasteiger partial charge in [-0.3, -0.25) is 4.79 Å². The lowest BCUT2D eigenvalue weighted by molar-refractivity contribution is -0.116. The predicted molar refractivity (Wildman–Crippen MR) is 78.0 cm³/mol. The number of hydrogen-bond donors (Lipinski definition) is 0. The number of anilines is 1. The Morgan fingerprint density at radius 1 is 1.17 bits per heavy atom. The Balaban J connectivity index is 3.01. The highest BCUT2D eigenvalue weighted by atomic mass is 16.2. The van der Waals surface area contributed by atoms with Gasteiger partial charge in [0.2, 0.25) is 5.91 Å². The summed E-state index contributed by atoms with van der Waals surface area (Å²) in [6.45, 7) is 14.5. The van der Waals surface area contributed by atoms with E-state index in [0.717, 1.165) is 11.3 Å². The van der Waals surface area contributed by atoms with Crippen molar-refractivity contribution in [3.8, 4) is 0 Å². The molecule has 0 saturated carbocycles. The maximum atomic E-state index is 11.6. The SMILES string of the molecule is C=C(C)CN(C(C)=O)c1ccc(C(C)(C)C)cc1.